The van der Waals surface area contributed by atoms with E-state index in [2.05, 4.69) is 29.2 Å². The van der Waals surface area contributed by atoms with Gasteiger partial charge in [-0.3, -0.25) is 0 Å². The summed E-state index contributed by atoms with van der Waals surface area (Å²) < 4.78 is 0. The van der Waals surface area contributed by atoms with Crippen molar-refractivity contribution in [3.63, 3.8) is 0 Å². The first-order valence-electron chi connectivity index (χ1n) is 7.69. The van der Waals surface area contributed by atoms with Crippen LogP contribution in [0.5, 0.6) is 0 Å². The largest absolute Gasteiger partial charge is 0.303 e. The van der Waals surface area contributed by atoms with Gasteiger partial charge in [0.1, 0.15) is 0 Å². The Morgan fingerprint density at radius 3 is 2.85 bits per heavy atom. The van der Waals surface area contributed by atoms with E-state index in [0.717, 1.165) is 12.8 Å². The molecule has 2 nitrogen and oxygen atoms in total. The molecule has 20 heavy (non-hydrogen) atoms. The van der Waals surface area contributed by atoms with Crippen LogP contribution in [0.25, 0.3) is 11.3 Å². The van der Waals surface area contributed by atoms with E-state index in [-0.39, 0.29) is 0 Å². The van der Waals surface area contributed by atoms with E-state index >= 15 is 0 Å². The first-order valence-corrected chi connectivity index (χ1v) is 8.51. The summed E-state index contributed by atoms with van der Waals surface area (Å²) in [5.41, 5.74) is 4.08. The van der Waals surface area contributed by atoms with Crippen LogP contribution in [-0.4, -0.2) is 29.5 Å². The van der Waals surface area contributed by atoms with Gasteiger partial charge >= 0.3 is 0 Å². The third-order valence-corrected chi connectivity index (χ3v) is 5.57. The highest BCUT2D eigenvalue weighted by Gasteiger charge is 2.22. The Morgan fingerprint density at radius 1 is 1.10 bits per heavy atom. The lowest BCUT2D eigenvalue weighted by atomic mass is 10.1. The third-order valence-electron chi connectivity index (χ3n) is 4.46. The molecule has 1 aliphatic heterocycles. The van der Waals surface area contributed by atoms with E-state index < -0.39 is 0 Å². The Balaban J connectivity index is 1.47. The topological polar surface area (TPSA) is 16.1 Å². The van der Waals surface area contributed by atoms with Crippen LogP contribution in [0.3, 0.4) is 0 Å². The summed E-state index contributed by atoms with van der Waals surface area (Å²) in [6, 6.07) is 8.71. The molecule has 0 bridgehead atoms. The average molecular weight is 284 g/mol. The maximum absolute atomic E-state index is 4.91. The zero-order valence-corrected chi connectivity index (χ0v) is 12.6. The maximum Gasteiger partial charge on any atom is 0.0948 e. The number of fused-ring (bicyclic) bond motifs is 3. The summed E-state index contributed by atoms with van der Waals surface area (Å²) in [6.45, 7) is 3.76. The van der Waals surface area contributed by atoms with Crippen LogP contribution >= 0.6 is 11.3 Å². The molecule has 0 atom stereocenters. The van der Waals surface area contributed by atoms with Crippen molar-refractivity contribution in [1.82, 2.24) is 9.88 Å². The van der Waals surface area contributed by atoms with E-state index in [9.17, 15) is 0 Å². The van der Waals surface area contributed by atoms with Gasteiger partial charge in [-0.05, 0) is 31.5 Å². The standard InChI is InChI=1S/C17H20N2S/c1-4-9-19(10-5-1)11-8-16-18-17-14-7-3-2-6-13(14)12-15(17)20-16/h2-3,6-7H,1,4-5,8-12H2. The minimum absolute atomic E-state index is 1.09. The summed E-state index contributed by atoms with van der Waals surface area (Å²) in [5.74, 6) is 0. The van der Waals surface area contributed by atoms with Gasteiger partial charge in [0, 0.05) is 29.8 Å². The Hall–Kier alpha value is -1.19. The first-order chi connectivity index (χ1) is 9.90. The van der Waals surface area contributed by atoms with Crippen molar-refractivity contribution < 1.29 is 0 Å². The molecule has 0 amide bonds. The highest BCUT2D eigenvalue weighted by atomic mass is 32.1. The van der Waals surface area contributed by atoms with Crippen molar-refractivity contribution in [2.75, 3.05) is 19.6 Å². The Kier molecular flexibility index (Phi) is 3.32. The van der Waals surface area contributed by atoms with Crippen LogP contribution in [0, 0.1) is 0 Å². The highest BCUT2D eigenvalue weighted by Crippen LogP contribution is 2.39. The summed E-state index contributed by atoms with van der Waals surface area (Å²) in [4.78, 5) is 8.98. The van der Waals surface area contributed by atoms with E-state index in [1.54, 1.807) is 0 Å². The molecule has 4 rings (SSSR count). The van der Waals surface area contributed by atoms with Crippen molar-refractivity contribution in [2.45, 2.75) is 32.1 Å². The fourth-order valence-corrected chi connectivity index (χ4v) is 4.45. The van der Waals surface area contributed by atoms with E-state index in [1.165, 1.54) is 65.6 Å². The molecule has 1 aromatic heterocycles. The minimum Gasteiger partial charge on any atom is -0.303 e. The number of hydrogen-bond donors (Lipinski definition) is 0. The summed E-state index contributed by atoms with van der Waals surface area (Å²) >= 11 is 1.93. The minimum atomic E-state index is 1.09. The molecule has 0 spiro atoms. The number of thiazole rings is 1. The predicted molar refractivity (Wildman–Crippen MR) is 84.4 cm³/mol. The first kappa shape index (κ1) is 12.5. The quantitative estimate of drug-likeness (QED) is 0.728. The van der Waals surface area contributed by atoms with Crippen LogP contribution in [-0.2, 0) is 12.8 Å². The summed E-state index contributed by atoms with van der Waals surface area (Å²) in [6.07, 6.45) is 6.38. The fourth-order valence-electron chi connectivity index (χ4n) is 3.35. The molecule has 0 radical (unpaired) electrons. The molecule has 0 saturated carbocycles. The molecule has 2 aromatic rings. The molecule has 1 fully saturated rings. The van der Waals surface area contributed by atoms with Gasteiger partial charge in [-0.1, -0.05) is 30.7 Å². The molecular weight excluding hydrogens is 264 g/mol. The van der Waals surface area contributed by atoms with E-state index in [4.69, 9.17) is 4.98 Å². The van der Waals surface area contributed by atoms with Crippen molar-refractivity contribution >= 4 is 11.3 Å². The highest BCUT2D eigenvalue weighted by molar-refractivity contribution is 7.12. The van der Waals surface area contributed by atoms with Gasteiger partial charge < -0.3 is 4.90 Å². The van der Waals surface area contributed by atoms with Crippen LogP contribution in [0.4, 0.5) is 0 Å². The van der Waals surface area contributed by atoms with Gasteiger partial charge in [0.2, 0.25) is 0 Å². The Morgan fingerprint density at radius 2 is 1.95 bits per heavy atom. The summed E-state index contributed by atoms with van der Waals surface area (Å²) in [5, 5.41) is 1.33. The van der Waals surface area contributed by atoms with Crippen LogP contribution < -0.4 is 0 Å². The number of benzene rings is 1. The van der Waals surface area contributed by atoms with Gasteiger partial charge in [-0.25, -0.2) is 4.98 Å². The van der Waals surface area contributed by atoms with E-state index in [0.29, 0.717) is 0 Å². The van der Waals surface area contributed by atoms with E-state index in [1.807, 2.05) is 11.3 Å². The summed E-state index contributed by atoms with van der Waals surface area (Å²) in [7, 11) is 0. The second-order valence-corrected chi connectivity index (χ2v) is 7.03. The zero-order chi connectivity index (χ0) is 13.4. The smallest absolute Gasteiger partial charge is 0.0948 e. The van der Waals surface area contributed by atoms with Crippen LogP contribution in [0.15, 0.2) is 24.3 Å². The molecule has 0 N–H and O–H groups in total. The fraction of sp³-hybridized carbons (Fsp3) is 0.471. The van der Waals surface area contributed by atoms with Gasteiger partial charge in [-0.2, -0.15) is 0 Å². The van der Waals surface area contributed by atoms with Gasteiger partial charge in [0.05, 0.1) is 10.7 Å². The molecule has 3 heteroatoms. The van der Waals surface area contributed by atoms with Gasteiger partial charge in [-0.15, -0.1) is 11.3 Å². The van der Waals surface area contributed by atoms with Crippen molar-refractivity contribution in [1.29, 1.82) is 0 Å². The maximum atomic E-state index is 4.91. The normalized spacial score (nSPS) is 18.0. The van der Waals surface area contributed by atoms with Crippen molar-refractivity contribution in [2.24, 2.45) is 0 Å². The van der Waals surface area contributed by atoms with Crippen molar-refractivity contribution in [3.05, 3.63) is 39.7 Å². The second-order valence-electron chi connectivity index (χ2n) is 5.87. The van der Waals surface area contributed by atoms with Gasteiger partial charge in [0.15, 0.2) is 0 Å². The molecule has 1 aromatic carbocycles. The Bertz CT molecular complexity index is 611. The third kappa shape index (κ3) is 2.29. The monoisotopic (exact) mass is 284 g/mol. The molecular formula is C17H20N2S. The molecule has 2 heterocycles. The van der Waals surface area contributed by atoms with Crippen molar-refractivity contribution in [3.8, 4) is 11.3 Å². The zero-order valence-electron chi connectivity index (χ0n) is 11.8. The lowest BCUT2D eigenvalue weighted by Crippen LogP contribution is -2.31. The predicted octanol–water partition coefficient (Wildman–Crippen LogP) is 3.74. The number of piperidine rings is 1. The molecule has 0 unspecified atom stereocenters. The lowest BCUT2D eigenvalue weighted by Gasteiger charge is -2.25. The van der Waals surface area contributed by atoms with Crippen LogP contribution in [0.1, 0.15) is 34.7 Å². The number of nitrogens with zero attached hydrogens (tertiary/aromatic N) is 2. The lowest BCUT2D eigenvalue weighted by molar-refractivity contribution is 0.231. The molecule has 2 aliphatic rings. The molecule has 1 aliphatic carbocycles. The number of hydrogen-bond acceptors (Lipinski definition) is 3. The van der Waals surface area contributed by atoms with Gasteiger partial charge in [0.25, 0.3) is 0 Å². The molecule has 104 valence electrons. The number of rotatable bonds is 3. The SMILES string of the molecule is c1ccc2c(c1)Cc1sc(CCN3CCCCC3)nc1-2. The molecule has 1 saturated heterocycles. The second kappa shape index (κ2) is 5.30. The Labute approximate surface area is 124 Å². The number of aromatic nitrogens is 1. The van der Waals surface area contributed by atoms with Crippen LogP contribution in [0.2, 0.25) is 0 Å². The number of likely N-dealkylation sites (tertiary alicyclic amines) is 1. The average Bonchev–Trinajstić information content (AvgIpc) is 3.03.